The van der Waals surface area contributed by atoms with E-state index >= 15 is 0 Å². The van der Waals surface area contributed by atoms with Gasteiger partial charge in [0.1, 0.15) is 17.7 Å². The van der Waals surface area contributed by atoms with Gasteiger partial charge >= 0.3 is 12.2 Å². The van der Waals surface area contributed by atoms with Crippen LogP contribution in [0.3, 0.4) is 0 Å². The number of halogens is 1. The molecule has 1 unspecified atom stereocenters. The second-order valence-corrected chi connectivity index (χ2v) is 14.8. The van der Waals surface area contributed by atoms with Crippen molar-refractivity contribution in [2.45, 2.75) is 96.6 Å². The summed E-state index contributed by atoms with van der Waals surface area (Å²) in [6, 6.07) is 12.7. The van der Waals surface area contributed by atoms with Crippen molar-refractivity contribution < 1.29 is 33.4 Å². The zero-order valence-corrected chi connectivity index (χ0v) is 28.7. The Morgan fingerprint density at radius 1 is 1.09 bits per heavy atom. The molecule has 1 saturated heterocycles. The van der Waals surface area contributed by atoms with Crippen LogP contribution in [0.25, 0.3) is 0 Å². The van der Waals surface area contributed by atoms with Crippen LogP contribution in [0.2, 0.25) is 0 Å². The Hall–Kier alpha value is -3.93. The van der Waals surface area contributed by atoms with E-state index in [1.807, 2.05) is 31.2 Å². The minimum Gasteiger partial charge on any atom is -0.444 e. The maximum atomic E-state index is 13.9. The lowest BCUT2D eigenvalue weighted by Gasteiger charge is -2.30. The van der Waals surface area contributed by atoms with Crippen molar-refractivity contribution in [3.05, 3.63) is 63.6 Å². The molecule has 2 N–H and O–H groups in total. The molecule has 2 atom stereocenters. The first-order chi connectivity index (χ1) is 21.5. The van der Waals surface area contributed by atoms with Gasteiger partial charge in [-0.25, -0.2) is 14.5 Å². The van der Waals surface area contributed by atoms with Crippen LogP contribution >= 0.6 is 15.9 Å². The number of ether oxygens (including phenoxy) is 2. The number of aryl methyl sites for hydroxylation is 1. The minimum atomic E-state index is -1.52. The van der Waals surface area contributed by atoms with E-state index in [0.717, 1.165) is 33.3 Å². The smallest absolute Gasteiger partial charge is 0.418 e. The maximum absolute atomic E-state index is 13.9. The number of rotatable bonds is 9. The van der Waals surface area contributed by atoms with E-state index in [9.17, 15) is 24.0 Å². The van der Waals surface area contributed by atoms with Gasteiger partial charge in [0.25, 0.3) is 5.91 Å². The first kappa shape index (κ1) is 33.4. The van der Waals surface area contributed by atoms with E-state index < -0.39 is 47.3 Å². The number of hydrogen-bond donors (Lipinski definition) is 2. The van der Waals surface area contributed by atoms with Crippen LogP contribution in [0.15, 0.2) is 46.9 Å². The summed E-state index contributed by atoms with van der Waals surface area (Å²) in [7, 11) is 0. The topological polar surface area (TPSA) is 134 Å². The number of carbonyl (C=O) groups is 5. The Morgan fingerprint density at radius 2 is 1.76 bits per heavy atom. The molecule has 0 bridgehead atoms. The molecule has 2 aliphatic carbocycles. The van der Waals surface area contributed by atoms with Crippen molar-refractivity contribution in [3.63, 3.8) is 0 Å². The summed E-state index contributed by atoms with van der Waals surface area (Å²) >= 11 is 3.44. The number of fused-ring (bicyclic) bond motifs is 2. The quantitative estimate of drug-likeness (QED) is 0.347. The van der Waals surface area contributed by atoms with Crippen molar-refractivity contribution >= 4 is 51.5 Å². The average molecular weight is 698 g/mol. The highest BCUT2D eigenvalue weighted by molar-refractivity contribution is 9.10. The third-order valence-corrected chi connectivity index (χ3v) is 9.20. The highest BCUT2D eigenvalue weighted by atomic mass is 79.9. The second kappa shape index (κ2) is 12.4. The lowest BCUT2D eigenvalue weighted by Crippen LogP contribution is -2.53. The van der Waals surface area contributed by atoms with Gasteiger partial charge in [0.15, 0.2) is 0 Å². The number of alkyl carbamates (subject to hydrolysis) is 1. The Labute approximate surface area is 277 Å². The molecule has 11 nitrogen and oxygen atoms in total. The summed E-state index contributed by atoms with van der Waals surface area (Å²) < 4.78 is 12.0. The highest BCUT2D eigenvalue weighted by Gasteiger charge is 2.58. The molecule has 46 heavy (non-hydrogen) atoms. The Morgan fingerprint density at radius 3 is 2.39 bits per heavy atom. The van der Waals surface area contributed by atoms with E-state index in [2.05, 4.69) is 26.6 Å². The van der Waals surface area contributed by atoms with Crippen LogP contribution in [-0.2, 0) is 42.4 Å². The molecule has 2 fully saturated rings. The predicted molar refractivity (Wildman–Crippen MR) is 174 cm³/mol. The third-order valence-electron chi connectivity index (χ3n) is 8.67. The number of nitrogens with one attached hydrogen (secondary N) is 2. The maximum Gasteiger partial charge on any atom is 0.418 e. The first-order valence-corrected chi connectivity index (χ1v) is 16.3. The molecular weight excluding hydrogens is 656 g/mol. The van der Waals surface area contributed by atoms with Crippen molar-refractivity contribution in [1.29, 1.82) is 0 Å². The SMILES string of the molecule is C[C@@H](C1CC1)N(Cc1ccc(Br)cc1)C(=O)CN1C(=O)OC2(CCc3cc(NC(=O)C(C)(C)NC(=O)OC(C)(C)C)ccc32)C1=O. The van der Waals surface area contributed by atoms with E-state index in [1.165, 1.54) is 0 Å². The van der Waals surface area contributed by atoms with Crippen LogP contribution in [0, 0.1) is 5.92 Å². The zero-order chi connectivity index (χ0) is 33.6. The van der Waals surface area contributed by atoms with Gasteiger partial charge in [-0.2, -0.15) is 0 Å². The number of anilines is 1. The first-order valence-electron chi connectivity index (χ1n) is 15.5. The lowest BCUT2D eigenvalue weighted by molar-refractivity contribution is -0.143. The summed E-state index contributed by atoms with van der Waals surface area (Å²) in [5, 5.41) is 5.39. The standard InChI is InChI=1S/C34H41BrN4O7/c1-20(22-9-10-22)38(18-21-7-11-24(35)12-8-21)27(40)19-39-29(42)34(46-31(39)44)16-15-23-17-25(13-14-26(23)34)36-28(41)33(5,6)37-30(43)45-32(2,3)4/h7-8,11-14,17,20,22H,9-10,15-16,18-19H2,1-6H3,(H,36,41)(H,37,43)/t20-,34?/m0/s1. The van der Waals surface area contributed by atoms with Crippen LogP contribution in [0.1, 0.15) is 77.5 Å². The van der Waals surface area contributed by atoms with Gasteiger partial charge in [-0.3, -0.25) is 14.4 Å². The lowest BCUT2D eigenvalue weighted by atomic mass is 9.94. The molecule has 12 heteroatoms. The van der Waals surface area contributed by atoms with Crippen LogP contribution in [0.5, 0.6) is 0 Å². The molecule has 1 aliphatic heterocycles. The van der Waals surface area contributed by atoms with Gasteiger partial charge in [0, 0.05) is 34.7 Å². The van der Waals surface area contributed by atoms with Gasteiger partial charge in [-0.05, 0) is 102 Å². The molecule has 2 aromatic rings. The summed E-state index contributed by atoms with van der Waals surface area (Å²) in [5.74, 6) is -0.954. The van der Waals surface area contributed by atoms with Gasteiger partial charge in [0.05, 0.1) is 0 Å². The van der Waals surface area contributed by atoms with Crippen molar-refractivity contribution in [2.75, 3.05) is 11.9 Å². The number of hydrogen-bond acceptors (Lipinski definition) is 7. The van der Waals surface area contributed by atoms with E-state index in [1.54, 1.807) is 57.7 Å². The number of carbonyl (C=O) groups excluding carboxylic acids is 5. The van der Waals surface area contributed by atoms with E-state index in [-0.39, 0.29) is 18.4 Å². The number of nitrogens with zero attached hydrogens (tertiary/aromatic N) is 2. The molecule has 0 radical (unpaired) electrons. The van der Waals surface area contributed by atoms with Gasteiger partial charge in [-0.15, -0.1) is 0 Å². The van der Waals surface area contributed by atoms with Crippen molar-refractivity contribution in [3.8, 4) is 0 Å². The zero-order valence-electron chi connectivity index (χ0n) is 27.1. The molecule has 1 saturated carbocycles. The molecule has 246 valence electrons. The van der Waals surface area contributed by atoms with Gasteiger partial charge < -0.3 is 25.0 Å². The fourth-order valence-corrected chi connectivity index (χ4v) is 6.20. The predicted octanol–water partition coefficient (Wildman–Crippen LogP) is 5.64. The Kier molecular flexibility index (Phi) is 8.98. The third kappa shape index (κ3) is 7.06. The summed E-state index contributed by atoms with van der Waals surface area (Å²) in [6.45, 7) is 10.3. The van der Waals surface area contributed by atoms with Gasteiger partial charge in [-0.1, -0.05) is 34.1 Å². The number of amides is 5. The highest BCUT2D eigenvalue weighted by Crippen LogP contribution is 2.46. The largest absolute Gasteiger partial charge is 0.444 e. The van der Waals surface area contributed by atoms with Crippen LogP contribution in [-0.4, -0.2) is 63.4 Å². The Balaban J connectivity index is 1.28. The normalized spacial score (nSPS) is 19.8. The molecule has 5 rings (SSSR count). The summed E-state index contributed by atoms with van der Waals surface area (Å²) in [6.07, 6.45) is 1.16. The van der Waals surface area contributed by atoms with Crippen molar-refractivity contribution in [2.24, 2.45) is 5.92 Å². The minimum absolute atomic E-state index is 0.0380. The number of benzene rings is 2. The molecular formula is C34H41BrN4O7. The van der Waals surface area contributed by atoms with Crippen molar-refractivity contribution in [1.82, 2.24) is 15.1 Å². The summed E-state index contributed by atoms with van der Waals surface area (Å²) in [5.41, 5.74) is -0.841. The summed E-state index contributed by atoms with van der Waals surface area (Å²) in [4.78, 5) is 68.7. The van der Waals surface area contributed by atoms with E-state index in [4.69, 9.17) is 9.47 Å². The molecule has 0 aromatic heterocycles. The molecule has 3 aliphatic rings. The van der Waals surface area contributed by atoms with Crippen LogP contribution in [0.4, 0.5) is 15.3 Å². The van der Waals surface area contributed by atoms with Crippen LogP contribution < -0.4 is 10.6 Å². The van der Waals surface area contributed by atoms with Gasteiger partial charge in [0.2, 0.25) is 17.4 Å². The molecule has 1 spiro atoms. The molecule has 5 amide bonds. The fraction of sp³-hybridized carbons (Fsp3) is 0.500. The fourth-order valence-electron chi connectivity index (χ4n) is 5.94. The second-order valence-electron chi connectivity index (χ2n) is 13.9. The molecule has 1 heterocycles. The average Bonchev–Trinajstić information content (AvgIpc) is 3.71. The number of imide groups is 1. The monoisotopic (exact) mass is 696 g/mol. The molecule has 2 aromatic carbocycles. The Bertz CT molecular complexity index is 1560. The van der Waals surface area contributed by atoms with E-state index in [0.29, 0.717) is 30.1 Å².